The minimum atomic E-state index is -4.59. The number of alkyl halides is 3. The number of nitro groups is 1. The van der Waals surface area contributed by atoms with Crippen LogP contribution in [0, 0.1) is 10.1 Å². The maximum atomic E-state index is 12.6. The fraction of sp³-hybridized carbons (Fsp3) is 0.200. The van der Waals surface area contributed by atoms with E-state index in [-0.39, 0.29) is 29.4 Å². The first-order valence-electron chi connectivity index (χ1n) is 7.17. The van der Waals surface area contributed by atoms with E-state index in [0.717, 1.165) is 0 Å². The van der Waals surface area contributed by atoms with Crippen LogP contribution in [-0.2, 0) is 12.6 Å². The van der Waals surface area contributed by atoms with E-state index < -0.39 is 22.6 Å². The zero-order valence-electron chi connectivity index (χ0n) is 13.0. The normalized spacial score (nSPS) is 11.1. The van der Waals surface area contributed by atoms with E-state index in [0.29, 0.717) is 17.8 Å². The topological polar surface area (TPSA) is 97.2 Å². The Balaban J connectivity index is 2.09. The number of nitrogens with zero attached hydrogens (tertiary/aromatic N) is 2. The number of nitrogens with one attached hydrogen (secondary N) is 2. The number of hydrazine groups is 1. The van der Waals surface area contributed by atoms with Crippen molar-refractivity contribution in [1.29, 1.82) is 0 Å². The highest BCUT2D eigenvalue weighted by atomic mass is 35.5. The summed E-state index contributed by atoms with van der Waals surface area (Å²) in [6.45, 7) is -0.343. The van der Waals surface area contributed by atoms with Crippen LogP contribution in [0.3, 0.4) is 0 Å². The molecule has 1 heterocycles. The van der Waals surface area contributed by atoms with E-state index in [1.807, 2.05) is 0 Å². The molecule has 0 aliphatic carbocycles. The smallest absolute Gasteiger partial charge is 0.280 e. The largest absolute Gasteiger partial charge is 0.417 e. The van der Waals surface area contributed by atoms with Gasteiger partial charge in [-0.3, -0.25) is 25.8 Å². The van der Waals surface area contributed by atoms with Crippen molar-refractivity contribution in [3.05, 3.63) is 68.4 Å². The number of halogens is 4. The molecule has 7 nitrogen and oxygen atoms in total. The van der Waals surface area contributed by atoms with Crippen LogP contribution in [0.2, 0.25) is 5.02 Å². The molecule has 11 heteroatoms. The first-order valence-corrected chi connectivity index (χ1v) is 7.55. The lowest BCUT2D eigenvalue weighted by Crippen LogP contribution is -2.31. The maximum Gasteiger partial charge on any atom is 0.417 e. The molecule has 0 fully saturated rings. The number of hydrogen-bond donors (Lipinski definition) is 2. The van der Waals surface area contributed by atoms with Crippen LogP contribution in [0.4, 0.5) is 19.0 Å². The number of carbonyl (C=O) groups is 1. The van der Waals surface area contributed by atoms with Gasteiger partial charge in [-0.2, -0.15) is 13.2 Å². The molecule has 0 spiro atoms. The second-order valence-electron chi connectivity index (χ2n) is 5.09. The Bertz CT molecular complexity index is 830. The lowest BCUT2D eigenvalue weighted by atomic mass is 10.0. The van der Waals surface area contributed by atoms with Crippen molar-refractivity contribution in [2.45, 2.75) is 12.6 Å². The van der Waals surface area contributed by atoms with Crippen LogP contribution < -0.4 is 10.9 Å². The number of aromatic nitrogens is 1. The van der Waals surface area contributed by atoms with E-state index in [9.17, 15) is 28.1 Å². The number of pyridine rings is 1. The molecule has 0 atom stereocenters. The number of amides is 1. The van der Waals surface area contributed by atoms with E-state index in [2.05, 4.69) is 15.8 Å². The highest BCUT2D eigenvalue weighted by Crippen LogP contribution is 2.32. The second kappa shape index (κ2) is 8.00. The molecule has 0 radical (unpaired) electrons. The summed E-state index contributed by atoms with van der Waals surface area (Å²) in [6.07, 6.45) is -3.96. The van der Waals surface area contributed by atoms with Crippen LogP contribution in [0.1, 0.15) is 21.5 Å². The summed E-state index contributed by atoms with van der Waals surface area (Å²) >= 11 is 5.73. The van der Waals surface area contributed by atoms with Crippen molar-refractivity contribution in [2.75, 3.05) is 12.0 Å². The molecule has 2 N–H and O–H groups in total. The molecule has 0 saturated heterocycles. The van der Waals surface area contributed by atoms with Crippen molar-refractivity contribution in [2.24, 2.45) is 0 Å². The van der Waals surface area contributed by atoms with Gasteiger partial charge in [0, 0.05) is 23.1 Å². The van der Waals surface area contributed by atoms with Crippen molar-refractivity contribution >= 4 is 23.3 Å². The Kier molecular flexibility index (Phi) is 5.98. The molecule has 0 aliphatic rings. The average molecular weight is 389 g/mol. The third-order valence-corrected chi connectivity index (χ3v) is 3.58. The molecular formula is C15H12ClF3N4O3. The number of benzene rings is 1. The van der Waals surface area contributed by atoms with Crippen molar-refractivity contribution in [3.63, 3.8) is 0 Å². The number of rotatable bonds is 6. The van der Waals surface area contributed by atoms with Gasteiger partial charge in [0.1, 0.15) is 0 Å². The van der Waals surface area contributed by atoms with Crippen molar-refractivity contribution in [3.8, 4) is 0 Å². The monoisotopic (exact) mass is 388 g/mol. The van der Waals surface area contributed by atoms with E-state index in [1.54, 1.807) is 18.2 Å². The first-order chi connectivity index (χ1) is 12.2. The molecule has 1 amide bonds. The van der Waals surface area contributed by atoms with E-state index in [1.165, 1.54) is 6.07 Å². The summed E-state index contributed by atoms with van der Waals surface area (Å²) in [6, 6.07) is 6.92. The summed E-state index contributed by atoms with van der Waals surface area (Å²) < 4.78 is 37.7. The molecule has 1 aromatic heterocycles. The zero-order chi connectivity index (χ0) is 19.3. The van der Waals surface area contributed by atoms with Gasteiger partial charge in [-0.1, -0.05) is 29.8 Å². The van der Waals surface area contributed by atoms with Gasteiger partial charge in [0.05, 0.1) is 10.6 Å². The van der Waals surface area contributed by atoms with Gasteiger partial charge in [-0.15, -0.1) is 0 Å². The summed E-state index contributed by atoms with van der Waals surface area (Å²) in [5.74, 6) is -0.808. The highest BCUT2D eigenvalue weighted by molar-refractivity contribution is 6.33. The quantitative estimate of drug-likeness (QED) is 0.584. The molecule has 0 saturated carbocycles. The second-order valence-corrected chi connectivity index (χ2v) is 5.50. The number of hydrogen-bond acceptors (Lipinski definition) is 5. The Morgan fingerprint density at radius 2 is 2.00 bits per heavy atom. The van der Waals surface area contributed by atoms with Gasteiger partial charge in [-0.25, -0.2) is 4.98 Å². The Labute approximate surface area is 150 Å². The standard InChI is InChI=1S/C15H12ClF3N4O3/c16-12-7-10(15(17,18)19)8-20-13(12)21-22-14(24)11-4-2-1-3-9(11)5-6-23(25)26/h1-4,7-8H,5-6H2,(H,20,21)(H,22,24). The third kappa shape index (κ3) is 5.06. The predicted molar refractivity (Wildman–Crippen MR) is 87.3 cm³/mol. The summed E-state index contributed by atoms with van der Waals surface area (Å²) in [7, 11) is 0. The first kappa shape index (κ1) is 19.4. The van der Waals surface area contributed by atoms with Crippen LogP contribution in [0.15, 0.2) is 36.5 Å². The Morgan fingerprint density at radius 1 is 1.31 bits per heavy atom. The molecule has 138 valence electrons. The zero-order valence-corrected chi connectivity index (χ0v) is 13.8. The molecule has 0 unspecified atom stereocenters. The summed E-state index contributed by atoms with van der Waals surface area (Å²) in [5.41, 5.74) is 4.21. The van der Waals surface area contributed by atoms with E-state index in [4.69, 9.17) is 11.6 Å². The third-order valence-electron chi connectivity index (χ3n) is 3.29. The van der Waals surface area contributed by atoms with Gasteiger partial charge >= 0.3 is 6.18 Å². The van der Waals surface area contributed by atoms with E-state index >= 15 is 0 Å². The lowest BCUT2D eigenvalue weighted by molar-refractivity contribution is -0.479. The van der Waals surface area contributed by atoms with Gasteiger partial charge in [0.15, 0.2) is 5.82 Å². The molecule has 2 aromatic rings. The fourth-order valence-electron chi connectivity index (χ4n) is 2.04. The van der Waals surface area contributed by atoms with Gasteiger partial charge in [0.25, 0.3) is 5.91 Å². The molecular weight excluding hydrogens is 377 g/mol. The highest BCUT2D eigenvalue weighted by Gasteiger charge is 2.31. The van der Waals surface area contributed by atoms with Crippen molar-refractivity contribution in [1.82, 2.24) is 10.4 Å². The minimum Gasteiger partial charge on any atom is -0.280 e. The van der Waals surface area contributed by atoms with Gasteiger partial charge in [0.2, 0.25) is 6.54 Å². The van der Waals surface area contributed by atoms with Crippen LogP contribution in [0.5, 0.6) is 0 Å². The van der Waals surface area contributed by atoms with Gasteiger partial charge in [-0.05, 0) is 17.7 Å². The predicted octanol–water partition coefficient (Wildman–Crippen LogP) is 3.33. The Hall–Kier alpha value is -2.88. The van der Waals surface area contributed by atoms with Crippen molar-refractivity contribution < 1.29 is 22.9 Å². The molecule has 0 bridgehead atoms. The minimum absolute atomic E-state index is 0.0515. The van der Waals surface area contributed by atoms with Crippen LogP contribution >= 0.6 is 11.6 Å². The lowest BCUT2D eigenvalue weighted by Gasteiger charge is -2.13. The average Bonchev–Trinajstić information content (AvgIpc) is 2.58. The molecule has 2 rings (SSSR count). The molecule has 1 aromatic carbocycles. The van der Waals surface area contributed by atoms with Gasteiger partial charge < -0.3 is 0 Å². The fourth-order valence-corrected chi connectivity index (χ4v) is 2.25. The number of carbonyl (C=O) groups excluding carboxylic acids is 1. The SMILES string of the molecule is O=C(NNc1ncc(C(F)(F)F)cc1Cl)c1ccccc1CC[N+](=O)[O-]. The van der Waals surface area contributed by atoms with Crippen LogP contribution in [-0.4, -0.2) is 22.4 Å². The molecule has 0 aliphatic heterocycles. The summed E-state index contributed by atoms with van der Waals surface area (Å²) in [4.78, 5) is 25.7. The molecule has 26 heavy (non-hydrogen) atoms. The Morgan fingerprint density at radius 3 is 2.62 bits per heavy atom. The van der Waals surface area contributed by atoms with Crippen LogP contribution in [0.25, 0.3) is 0 Å². The number of anilines is 1. The maximum absolute atomic E-state index is 12.6. The summed E-state index contributed by atoms with van der Waals surface area (Å²) in [5, 5.41) is 10.2.